The smallest absolute Gasteiger partial charge is 0.411 e. The van der Waals surface area contributed by atoms with Crippen LogP contribution in [0, 0.1) is 6.92 Å². The van der Waals surface area contributed by atoms with Crippen molar-refractivity contribution >= 4 is 35.0 Å². The van der Waals surface area contributed by atoms with Crippen molar-refractivity contribution in [1.29, 1.82) is 0 Å². The maximum absolute atomic E-state index is 12.3. The monoisotopic (exact) mass is 587 g/mol. The number of fused-ring (bicyclic) bond motifs is 1. The second kappa shape index (κ2) is 15.8. The van der Waals surface area contributed by atoms with E-state index in [1.54, 1.807) is 16.8 Å². The van der Waals surface area contributed by atoms with Gasteiger partial charge in [-0.15, -0.1) is 5.10 Å². The fraction of sp³-hybridized carbons (Fsp3) is 0.613. The Morgan fingerprint density at radius 3 is 2.27 bits per heavy atom. The summed E-state index contributed by atoms with van der Waals surface area (Å²) in [4.78, 5) is 28.9. The summed E-state index contributed by atoms with van der Waals surface area (Å²) >= 11 is 6.57. The highest BCUT2D eigenvalue weighted by molar-refractivity contribution is 6.34. The van der Waals surface area contributed by atoms with E-state index in [1.165, 1.54) is 51.4 Å². The predicted octanol–water partition coefficient (Wildman–Crippen LogP) is 8.39. The Morgan fingerprint density at radius 2 is 1.63 bits per heavy atom. The molecule has 2 heterocycles. The number of benzene rings is 1. The number of esters is 1. The van der Waals surface area contributed by atoms with Gasteiger partial charge in [-0.25, -0.2) is 9.78 Å². The molecule has 0 saturated carbocycles. The molecule has 226 valence electrons. The molecule has 0 aliphatic rings. The number of carbonyl (C=O) groups excluding carboxylic acids is 2. The topological polar surface area (TPSA) is 111 Å². The lowest BCUT2D eigenvalue weighted by Gasteiger charge is -2.16. The highest BCUT2D eigenvalue weighted by atomic mass is 35.5. The Morgan fingerprint density at radius 1 is 0.976 bits per heavy atom. The molecular weight excluding hydrogens is 542 g/mol. The van der Waals surface area contributed by atoms with Gasteiger partial charge >= 0.3 is 12.1 Å². The first kappa shape index (κ1) is 32.4. The molecule has 41 heavy (non-hydrogen) atoms. The molecule has 10 heteroatoms. The number of nitrogens with one attached hydrogen (secondary N) is 2. The molecule has 0 radical (unpaired) electrons. The standard InChI is InChI=1S/C31H46ClN5O4/c1-6-7-8-9-10-11-12-13-14-15-19-40-25(38)18-20-41-30(39)33-23-17-16-22(2)24(21-23)28-34-29-26(32)27(31(3,4)5)35-37(29)36-28/h16-17,21,35H,6-15,18-20H2,1-5H3,(H,33,39). The molecule has 0 fully saturated rings. The number of aromatic amines is 1. The lowest BCUT2D eigenvalue weighted by Crippen LogP contribution is -2.17. The van der Waals surface area contributed by atoms with Crippen molar-refractivity contribution < 1.29 is 19.1 Å². The van der Waals surface area contributed by atoms with Crippen LogP contribution >= 0.6 is 11.6 Å². The van der Waals surface area contributed by atoms with Gasteiger partial charge in [0.15, 0.2) is 11.5 Å². The van der Waals surface area contributed by atoms with Crippen molar-refractivity contribution in [3.05, 3.63) is 34.5 Å². The summed E-state index contributed by atoms with van der Waals surface area (Å²) in [5.74, 6) is 0.125. The lowest BCUT2D eigenvalue weighted by atomic mass is 9.92. The third-order valence-corrected chi connectivity index (χ3v) is 7.37. The van der Waals surface area contributed by atoms with Crippen LogP contribution in [0.15, 0.2) is 18.2 Å². The molecule has 3 rings (SSSR count). The first-order valence-electron chi connectivity index (χ1n) is 14.9. The first-order valence-corrected chi connectivity index (χ1v) is 15.3. The average molecular weight is 588 g/mol. The van der Waals surface area contributed by atoms with E-state index >= 15 is 0 Å². The Kier molecular flexibility index (Phi) is 12.5. The van der Waals surface area contributed by atoms with Crippen LogP contribution in [0.2, 0.25) is 5.02 Å². The van der Waals surface area contributed by atoms with Gasteiger partial charge in [0, 0.05) is 16.7 Å². The molecule has 2 aromatic heterocycles. The Bertz CT molecular complexity index is 1280. The predicted molar refractivity (Wildman–Crippen MR) is 164 cm³/mol. The number of ether oxygens (including phenoxy) is 2. The van der Waals surface area contributed by atoms with Gasteiger partial charge in [-0.1, -0.05) is 103 Å². The molecule has 9 nitrogen and oxygen atoms in total. The number of H-pyrrole nitrogens is 1. The zero-order chi connectivity index (χ0) is 29.8. The fourth-order valence-corrected chi connectivity index (χ4v) is 5.03. The molecule has 0 unspecified atom stereocenters. The van der Waals surface area contributed by atoms with E-state index in [9.17, 15) is 9.59 Å². The highest BCUT2D eigenvalue weighted by Crippen LogP contribution is 2.32. The molecule has 0 spiro atoms. The number of aryl methyl sites for hydroxylation is 1. The number of anilines is 1. The van der Waals surface area contributed by atoms with Crippen molar-refractivity contribution in [2.24, 2.45) is 0 Å². The molecule has 0 bridgehead atoms. The minimum Gasteiger partial charge on any atom is -0.466 e. The number of hydrogen-bond donors (Lipinski definition) is 2. The number of aromatic nitrogens is 4. The Labute approximate surface area is 248 Å². The van der Waals surface area contributed by atoms with Gasteiger partial charge in [0.1, 0.15) is 11.6 Å². The van der Waals surface area contributed by atoms with Crippen molar-refractivity contribution in [3.8, 4) is 11.4 Å². The molecule has 0 atom stereocenters. The number of carbonyl (C=O) groups is 2. The van der Waals surface area contributed by atoms with Crippen molar-refractivity contribution in [1.82, 2.24) is 19.8 Å². The van der Waals surface area contributed by atoms with E-state index in [0.29, 0.717) is 28.8 Å². The minimum atomic E-state index is -0.648. The largest absolute Gasteiger partial charge is 0.466 e. The van der Waals surface area contributed by atoms with E-state index in [2.05, 4.69) is 48.2 Å². The highest BCUT2D eigenvalue weighted by Gasteiger charge is 2.24. The summed E-state index contributed by atoms with van der Waals surface area (Å²) in [6, 6.07) is 5.42. The Hall–Kier alpha value is -3.07. The van der Waals surface area contributed by atoms with E-state index < -0.39 is 6.09 Å². The van der Waals surface area contributed by atoms with Crippen LogP contribution in [-0.2, 0) is 19.7 Å². The normalized spacial score (nSPS) is 11.7. The third-order valence-electron chi connectivity index (χ3n) is 7.02. The third kappa shape index (κ3) is 10.1. The zero-order valence-corrected chi connectivity index (χ0v) is 26.0. The van der Waals surface area contributed by atoms with Gasteiger partial charge in [0.25, 0.3) is 0 Å². The first-order chi connectivity index (χ1) is 19.6. The van der Waals surface area contributed by atoms with Crippen LogP contribution in [0.3, 0.4) is 0 Å². The molecule has 0 aliphatic heterocycles. The number of halogens is 1. The maximum Gasteiger partial charge on any atom is 0.411 e. The van der Waals surface area contributed by atoms with Crippen molar-refractivity contribution in [2.75, 3.05) is 18.5 Å². The molecule has 3 aromatic rings. The number of rotatable bonds is 16. The summed E-state index contributed by atoms with van der Waals surface area (Å²) in [6.45, 7) is 10.7. The van der Waals surface area contributed by atoms with Gasteiger partial charge in [-0.3, -0.25) is 15.2 Å². The van der Waals surface area contributed by atoms with Crippen LogP contribution < -0.4 is 5.32 Å². The molecular formula is C31H46ClN5O4. The summed E-state index contributed by atoms with van der Waals surface area (Å²) < 4.78 is 12.0. The van der Waals surface area contributed by atoms with Crippen molar-refractivity contribution in [3.63, 3.8) is 0 Å². The van der Waals surface area contributed by atoms with Crippen LogP contribution in [-0.4, -0.2) is 45.1 Å². The summed E-state index contributed by atoms with van der Waals surface area (Å²) in [5, 5.41) is 11.0. The van der Waals surface area contributed by atoms with Crippen LogP contribution in [0.5, 0.6) is 0 Å². The van der Waals surface area contributed by atoms with Crippen LogP contribution in [0.4, 0.5) is 10.5 Å². The zero-order valence-electron chi connectivity index (χ0n) is 25.3. The van der Waals surface area contributed by atoms with Crippen molar-refractivity contribution in [2.45, 2.75) is 111 Å². The van der Waals surface area contributed by atoms with E-state index in [1.807, 2.05) is 13.0 Å². The van der Waals surface area contributed by atoms with Gasteiger partial charge in [-0.05, 0) is 31.0 Å². The number of unbranched alkanes of at least 4 members (excludes halogenated alkanes) is 9. The SMILES string of the molecule is CCCCCCCCCCCCOC(=O)CCOC(=O)Nc1ccc(C)c(-c2nc3c(Cl)c(C(C)(C)C)[nH]n3n2)c1. The molecule has 0 aliphatic carbocycles. The molecule has 1 aromatic carbocycles. The van der Waals surface area contributed by atoms with Gasteiger partial charge in [-0.2, -0.15) is 4.63 Å². The summed E-state index contributed by atoms with van der Waals surface area (Å²) in [5.41, 5.74) is 3.45. The van der Waals surface area contributed by atoms with Crippen LogP contribution in [0.25, 0.3) is 17.0 Å². The maximum atomic E-state index is 12.3. The van der Waals surface area contributed by atoms with E-state index in [-0.39, 0.29) is 24.4 Å². The minimum absolute atomic E-state index is 0.0201. The number of nitrogens with zero attached hydrogens (tertiary/aromatic N) is 3. The average Bonchev–Trinajstić information content (AvgIpc) is 3.47. The van der Waals surface area contributed by atoms with E-state index in [4.69, 9.17) is 21.1 Å². The second-order valence-corrected chi connectivity index (χ2v) is 12.0. The lowest BCUT2D eigenvalue weighted by molar-refractivity contribution is -0.144. The summed E-state index contributed by atoms with van der Waals surface area (Å²) in [6.07, 6.45) is 11.6. The summed E-state index contributed by atoms with van der Waals surface area (Å²) in [7, 11) is 0. The molecule has 2 N–H and O–H groups in total. The van der Waals surface area contributed by atoms with Gasteiger partial charge in [0.05, 0.1) is 18.7 Å². The second-order valence-electron chi connectivity index (χ2n) is 11.7. The Balaban J connectivity index is 1.37. The van der Waals surface area contributed by atoms with E-state index in [0.717, 1.165) is 29.7 Å². The number of amides is 1. The molecule has 0 saturated heterocycles. The van der Waals surface area contributed by atoms with Gasteiger partial charge in [0.2, 0.25) is 0 Å². The fourth-order valence-electron chi connectivity index (χ4n) is 4.58. The molecule has 1 amide bonds. The quantitative estimate of drug-likeness (QED) is 0.129. The van der Waals surface area contributed by atoms with Gasteiger partial charge < -0.3 is 9.47 Å². The van der Waals surface area contributed by atoms with Crippen LogP contribution in [0.1, 0.15) is 110 Å². The number of hydrogen-bond acceptors (Lipinski definition) is 6.